The highest BCUT2D eigenvalue weighted by molar-refractivity contribution is 9.12. The molecule has 0 aliphatic carbocycles. The molecule has 0 atom stereocenters. The predicted molar refractivity (Wildman–Crippen MR) is 58.8 cm³/mol. The summed E-state index contributed by atoms with van der Waals surface area (Å²) in [6.07, 6.45) is 0. The molecule has 1 rings (SSSR count). The molecule has 0 aliphatic heterocycles. The Hall–Kier alpha value is -0.600. The zero-order chi connectivity index (χ0) is 9.84. The zero-order valence-corrected chi connectivity index (χ0v) is 9.39. The lowest BCUT2D eigenvalue weighted by atomic mass is 10.2. The average Bonchev–Trinajstić information content (AvgIpc) is 2.17. The average molecular weight is 260 g/mol. The molecule has 0 saturated heterocycles. The van der Waals surface area contributed by atoms with E-state index in [9.17, 15) is 4.79 Å². The van der Waals surface area contributed by atoms with Crippen LogP contribution < -0.4 is 0 Å². The number of carbonyl (C=O) groups is 1. The van der Waals surface area contributed by atoms with Crippen molar-refractivity contribution in [1.82, 2.24) is 0 Å². The van der Waals surface area contributed by atoms with Crippen molar-refractivity contribution >= 4 is 38.3 Å². The fourth-order valence-electron chi connectivity index (χ4n) is 0.866. The van der Waals surface area contributed by atoms with E-state index in [-0.39, 0.29) is 5.78 Å². The largest absolute Gasteiger partial charge is 0.294 e. The number of rotatable bonds is 2. The molecule has 1 aromatic rings. The first-order valence-electron chi connectivity index (χ1n) is 3.74. The van der Waals surface area contributed by atoms with Crippen LogP contribution >= 0.6 is 27.5 Å². The second kappa shape index (κ2) is 4.58. The molecular weight excluding hydrogens is 251 g/mol. The van der Waals surface area contributed by atoms with Gasteiger partial charge in [-0.05, 0) is 28.4 Å². The van der Waals surface area contributed by atoms with Crippen molar-refractivity contribution in [2.45, 2.75) is 6.92 Å². The summed E-state index contributed by atoms with van der Waals surface area (Å²) in [6.45, 7) is 1.47. The van der Waals surface area contributed by atoms with E-state index < -0.39 is 0 Å². The van der Waals surface area contributed by atoms with Crippen molar-refractivity contribution in [2.75, 3.05) is 0 Å². The van der Waals surface area contributed by atoms with Gasteiger partial charge in [-0.2, -0.15) is 0 Å². The minimum Gasteiger partial charge on any atom is -0.294 e. The number of benzene rings is 1. The van der Waals surface area contributed by atoms with Gasteiger partial charge in [-0.1, -0.05) is 41.9 Å². The van der Waals surface area contributed by atoms with Crippen LogP contribution in [0.25, 0.3) is 5.03 Å². The molecule has 1 nitrogen and oxygen atoms in total. The van der Waals surface area contributed by atoms with Crippen LogP contribution in [0.3, 0.4) is 0 Å². The molecule has 0 N–H and O–H groups in total. The van der Waals surface area contributed by atoms with E-state index >= 15 is 0 Å². The van der Waals surface area contributed by atoms with Crippen molar-refractivity contribution < 1.29 is 4.79 Å². The first-order chi connectivity index (χ1) is 6.13. The maximum atomic E-state index is 11.0. The predicted octanol–water partition coefficient (Wildman–Crippen LogP) is 3.58. The van der Waals surface area contributed by atoms with Gasteiger partial charge in [0.25, 0.3) is 0 Å². The highest BCUT2D eigenvalue weighted by atomic mass is 79.9. The van der Waals surface area contributed by atoms with E-state index in [1.54, 1.807) is 0 Å². The Morgan fingerprint density at radius 1 is 1.31 bits per heavy atom. The van der Waals surface area contributed by atoms with Crippen LogP contribution in [0.2, 0.25) is 0 Å². The summed E-state index contributed by atoms with van der Waals surface area (Å²) >= 11 is 9.11. The van der Waals surface area contributed by atoms with Gasteiger partial charge in [-0.25, -0.2) is 0 Å². The number of carbonyl (C=O) groups excluding carboxylic acids is 1. The highest BCUT2D eigenvalue weighted by Gasteiger charge is 2.07. The molecule has 0 spiro atoms. The van der Waals surface area contributed by atoms with Crippen LogP contribution in [0.5, 0.6) is 0 Å². The normalized spacial score (nSPS) is 12.2. The number of Topliss-reactive ketones (excluding diaryl/α,β-unsaturated/α-hetero) is 1. The Balaban J connectivity index is 3.11. The minimum absolute atomic E-state index is 0.0751. The molecule has 0 heterocycles. The molecule has 0 unspecified atom stereocenters. The van der Waals surface area contributed by atoms with Gasteiger partial charge in [0, 0.05) is 0 Å². The third-order valence-corrected chi connectivity index (χ3v) is 3.12. The number of ketones is 1. The lowest BCUT2D eigenvalue weighted by molar-refractivity contribution is -0.112. The van der Waals surface area contributed by atoms with Crippen LogP contribution in [-0.2, 0) is 4.79 Å². The van der Waals surface area contributed by atoms with Gasteiger partial charge >= 0.3 is 0 Å². The summed E-state index contributed by atoms with van der Waals surface area (Å²) in [5.74, 6) is -0.0751. The molecule has 0 fully saturated rings. The molecule has 1 aromatic carbocycles. The van der Waals surface area contributed by atoms with Crippen LogP contribution in [-0.4, -0.2) is 5.78 Å². The van der Waals surface area contributed by atoms with E-state index in [1.807, 2.05) is 30.3 Å². The summed E-state index contributed by atoms with van der Waals surface area (Å²) in [5.41, 5.74) is 0.839. The van der Waals surface area contributed by atoms with Crippen LogP contribution in [0.1, 0.15) is 12.5 Å². The van der Waals surface area contributed by atoms with E-state index in [4.69, 9.17) is 11.6 Å². The van der Waals surface area contributed by atoms with Crippen LogP contribution in [0.15, 0.2) is 34.8 Å². The van der Waals surface area contributed by atoms with E-state index in [0.717, 1.165) is 5.56 Å². The maximum absolute atomic E-state index is 11.0. The molecule has 68 valence electrons. The molecular formula is C10H8BrClO. The van der Waals surface area contributed by atoms with Gasteiger partial charge in [-0.15, -0.1) is 0 Å². The maximum Gasteiger partial charge on any atom is 0.168 e. The molecule has 0 saturated carbocycles. The zero-order valence-electron chi connectivity index (χ0n) is 7.05. The summed E-state index contributed by atoms with van der Waals surface area (Å²) < 4.78 is 0.417. The monoisotopic (exact) mass is 258 g/mol. The lowest BCUT2D eigenvalue weighted by Crippen LogP contribution is -1.90. The Morgan fingerprint density at radius 3 is 2.31 bits per heavy atom. The van der Waals surface area contributed by atoms with Crippen molar-refractivity contribution in [3.63, 3.8) is 0 Å². The molecule has 0 aromatic heterocycles. The first-order valence-corrected chi connectivity index (χ1v) is 4.91. The molecule has 13 heavy (non-hydrogen) atoms. The fourth-order valence-corrected chi connectivity index (χ4v) is 1.35. The number of allylic oxidation sites excluding steroid dienone is 1. The van der Waals surface area contributed by atoms with E-state index in [1.165, 1.54) is 6.92 Å². The SMILES string of the molecule is CC(=O)/C(Br)=C(/Cl)c1ccccc1. The summed E-state index contributed by atoms with van der Waals surface area (Å²) in [4.78, 5) is 11.0. The first kappa shape index (κ1) is 10.5. The Bertz CT molecular complexity index is 343. The second-order valence-electron chi connectivity index (χ2n) is 2.55. The Kier molecular flexibility index (Phi) is 3.70. The Labute approximate surface area is 90.5 Å². The van der Waals surface area contributed by atoms with E-state index in [2.05, 4.69) is 15.9 Å². The van der Waals surface area contributed by atoms with Gasteiger partial charge in [0.2, 0.25) is 0 Å². The fraction of sp³-hybridized carbons (Fsp3) is 0.100. The van der Waals surface area contributed by atoms with Gasteiger partial charge in [0.05, 0.1) is 9.51 Å². The van der Waals surface area contributed by atoms with Gasteiger partial charge < -0.3 is 0 Å². The van der Waals surface area contributed by atoms with E-state index in [0.29, 0.717) is 9.51 Å². The van der Waals surface area contributed by atoms with Crippen molar-refractivity contribution in [3.05, 3.63) is 40.4 Å². The standard InChI is InChI=1S/C10H8BrClO/c1-7(13)9(11)10(12)8-5-3-2-4-6-8/h2-6H,1H3/b10-9-. The summed E-state index contributed by atoms with van der Waals surface area (Å²) in [6, 6.07) is 9.35. The number of halogens is 2. The van der Waals surface area contributed by atoms with Crippen molar-refractivity contribution in [2.24, 2.45) is 0 Å². The van der Waals surface area contributed by atoms with Gasteiger partial charge in [-0.3, -0.25) is 4.79 Å². The number of hydrogen-bond acceptors (Lipinski definition) is 1. The molecule has 0 amide bonds. The van der Waals surface area contributed by atoms with Gasteiger partial charge in [0.1, 0.15) is 0 Å². The highest BCUT2D eigenvalue weighted by Crippen LogP contribution is 2.26. The quantitative estimate of drug-likeness (QED) is 0.742. The molecule has 3 heteroatoms. The molecule has 0 aliphatic rings. The van der Waals surface area contributed by atoms with Crippen molar-refractivity contribution in [1.29, 1.82) is 0 Å². The van der Waals surface area contributed by atoms with Crippen LogP contribution in [0.4, 0.5) is 0 Å². The van der Waals surface area contributed by atoms with Gasteiger partial charge in [0.15, 0.2) is 5.78 Å². The summed E-state index contributed by atoms with van der Waals surface area (Å²) in [7, 11) is 0. The molecule has 0 bridgehead atoms. The lowest BCUT2D eigenvalue weighted by Gasteiger charge is -2.00. The third kappa shape index (κ3) is 2.68. The smallest absolute Gasteiger partial charge is 0.168 e. The molecule has 0 radical (unpaired) electrons. The Morgan fingerprint density at radius 2 is 1.85 bits per heavy atom. The number of hydrogen-bond donors (Lipinski definition) is 0. The topological polar surface area (TPSA) is 17.1 Å². The minimum atomic E-state index is -0.0751. The third-order valence-electron chi connectivity index (χ3n) is 1.53. The summed E-state index contributed by atoms with van der Waals surface area (Å²) in [5, 5.41) is 0.452. The second-order valence-corrected chi connectivity index (χ2v) is 3.72. The van der Waals surface area contributed by atoms with Crippen molar-refractivity contribution in [3.8, 4) is 0 Å². The van der Waals surface area contributed by atoms with Crippen LogP contribution in [0, 0.1) is 0 Å².